The molecule has 0 aliphatic rings. The van der Waals surface area contributed by atoms with Crippen LogP contribution >= 0.6 is 15.9 Å². The van der Waals surface area contributed by atoms with Gasteiger partial charge in [-0.15, -0.1) is 0 Å². The van der Waals surface area contributed by atoms with Crippen LogP contribution in [-0.4, -0.2) is 12.5 Å². The molecule has 1 amide bonds. The molecule has 3 N–H and O–H groups in total. The smallest absolute Gasteiger partial charge is 0.220 e. The fourth-order valence-corrected chi connectivity index (χ4v) is 2.02. The van der Waals surface area contributed by atoms with E-state index in [0.29, 0.717) is 13.0 Å². The molecule has 100 valence electrons. The lowest BCUT2D eigenvalue weighted by Gasteiger charge is -2.14. The Hall–Kier alpha value is -0.870. The highest BCUT2D eigenvalue weighted by Gasteiger charge is 2.08. The molecular weight excluding hydrogens is 292 g/mol. The van der Waals surface area contributed by atoms with E-state index in [4.69, 9.17) is 5.73 Å². The Labute approximate surface area is 117 Å². The average molecular weight is 313 g/mol. The van der Waals surface area contributed by atoms with Crippen molar-refractivity contribution in [1.82, 2.24) is 5.32 Å². The van der Waals surface area contributed by atoms with Crippen LogP contribution in [0.4, 0.5) is 0 Å². The summed E-state index contributed by atoms with van der Waals surface area (Å²) in [5, 5.41) is 3.01. The van der Waals surface area contributed by atoms with Gasteiger partial charge < -0.3 is 11.1 Å². The van der Waals surface area contributed by atoms with Gasteiger partial charge in [-0.2, -0.15) is 0 Å². The maximum Gasteiger partial charge on any atom is 0.220 e. The summed E-state index contributed by atoms with van der Waals surface area (Å²) in [5.74, 6) is 0.113. The lowest BCUT2D eigenvalue weighted by Crippen LogP contribution is -2.26. The zero-order valence-corrected chi connectivity index (χ0v) is 12.4. The molecule has 0 aromatic heterocycles. The van der Waals surface area contributed by atoms with Gasteiger partial charge >= 0.3 is 0 Å². The first-order valence-corrected chi connectivity index (χ1v) is 7.17. The second kappa shape index (κ2) is 8.27. The van der Waals surface area contributed by atoms with Crippen LogP contribution in [0, 0.1) is 0 Å². The van der Waals surface area contributed by atoms with Crippen LogP contribution in [0.3, 0.4) is 0 Å². The minimum atomic E-state index is 0.0557. The number of carbonyl (C=O) groups is 1. The van der Waals surface area contributed by atoms with Crippen molar-refractivity contribution in [2.45, 2.75) is 38.6 Å². The third-order valence-electron chi connectivity index (χ3n) is 2.86. The molecule has 1 atom stereocenters. The molecule has 0 spiro atoms. The van der Waals surface area contributed by atoms with Crippen molar-refractivity contribution in [3.8, 4) is 0 Å². The number of halogens is 1. The first kappa shape index (κ1) is 15.2. The molecule has 0 bridgehead atoms. The van der Waals surface area contributed by atoms with E-state index in [1.54, 1.807) is 0 Å². The number of benzene rings is 1. The van der Waals surface area contributed by atoms with E-state index in [1.807, 2.05) is 31.2 Å². The summed E-state index contributed by atoms with van der Waals surface area (Å²) in [4.78, 5) is 11.7. The maximum absolute atomic E-state index is 11.7. The number of amides is 1. The SMILES string of the molecule is CC(NC(=O)CCCCCN)c1ccc(Br)cc1. The minimum absolute atomic E-state index is 0.0557. The lowest BCUT2D eigenvalue weighted by molar-refractivity contribution is -0.121. The summed E-state index contributed by atoms with van der Waals surface area (Å²) in [6, 6.07) is 8.06. The van der Waals surface area contributed by atoms with Gasteiger partial charge in [-0.05, 0) is 44.0 Å². The Balaban J connectivity index is 2.33. The summed E-state index contributed by atoms with van der Waals surface area (Å²) >= 11 is 3.40. The van der Waals surface area contributed by atoms with Gasteiger partial charge in [0.1, 0.15) is 0 Å². The predicted octanol–water partition coefficient (Wildman–Crippen LogP) is 3.15. The van der Waals surface area contributed by atoms with Gasteiger partial charge in [0.2, 0.25) is 5.91 Å². The van der Waals surface area contributed by atoms with Gasteiger partial charge in [0.15, 0.2) is 0 Å². The Morgan fingerprint density at radius 2 is 1.94 bits per heavy atom. The molecule has 1 rings (SSSR count). The highest BCUT2D eigenvalue weighted by atomic mass is 79.9. The highest BCUT2D eigenvalue weighted by Crippen LogP contribution is 2.16. The molecule has 0 saturated heterocycles. The van der Waals surface area contributed by atoms with Crippen molar-refractivity contribution in [1.29, 1.82) is 0 Å². The van der Waals surface area contributed by atoms with Crippen molar-refractivity contribution in [2.75, 3.05) is 6.54 Å². The number of rotatable bonds is 7. The van der Waals surface area contributed by atoms with E-state index in [2.05, 4.69) is 21.2 Å². The number of nitrogens with two attached hydrogens (primary N) is 1. The van der Waals surface area contributed by atoms with Crippen LogP contribution < -0.4 is 11.1 Å². The molecule has 1 aromatic rings. The number of hydrogen-bond acceptors (Lipinski definition) is 2. The fraction of sp³-hybridized carbons (Fsp3) is 0.500. The van der Waals surface area contributed by atoms with Crippen LogP contribution in [-0.2, 0) is 4.79 Å². The van der Waals surface area contributed by atoms with Crippen LogP contribution in [0.1, 0.15) is 44.2 Å². The lowest BCUT2D eigenvalue weighted by atomic mass is 10.1. The Kier molecular flexibility index (Phi) is 6.98. The molecule has 1 unspecified atom stereocenters. The van der Waals surface area contributed by atoms with Gasteiger partial charge in [-0.1, -0.05) is 34.5 Å². The largest absolute Gasteiger partial charge is 0.350 e. The summed E-state index contributed by atoms with van der Waals surface area (Å²) in [5.41, 5.74) is 6.53. The molecule has 0 saturated carbocycles. The van der Waals surface area contributed by atoms with E-state index in [-0.39, 0.29) is 11.9 Å². The third-order valence-corrected chi connectivity index (χ3v) is 3.38. The third kappa shape index (κ3) is 5.65. The normalized spacial score (nSPS) is 12.2. The molecule has 0 aliphatic carbocycles. The van der Waals surface area contributed by atoms with E-state index < -0.39 is 0 Å². The van der Waals surface area contributed by atoms with Crippen molar-refractivity contribution in [3.05, 3.63) is 34.3 Å². The van der Waals surface area contributed by atoms with Crippen LogP contribution in [0.2, 0.25) is 0 Å². The monoisotopic (exact) mass is 312 g/mol. The van der Waals surface area contributed by atoms with Crippen molar-refractivity contribution >= 4 is 21.8 Å². The molecule has 3 nitrogen and oxygen atoms in total. The number of nitrogens with one attached hydrogen (secondary N) is 1. The standard InChI is InChI=1S/C14H21BrN2O/c1-11(12-6-8-13(15)9-7-12)17-14(18)5-3-2-4-10-16/h6-9,11H,2-5,10,16H2,1H3,(H,17,18). The summed E-state index contributed by atoms with van der Waals surface area (Å²) in [6.45, 7) is 2.71. The average Bonchev–Trinajstić information content (AvgIpc) is 2.35. The van der Waals surface area contributed by atoms with Crippen LogP contribution in [0.5, 0.6) is 0 Å². The second-order valence-corrected chi connectivity index (χ2v) is 5.36. The topological polar surface area (TPSA) is 55.1 Å². The summed E-state index contributed by atoms with van der Waals surface area (Å²) in [6.07, 6.45) is 3.52. The summed E-state index contributed by atoms with van der Waals surface area (Å²) < 4.78 is 1.05. The molecule has 18 heavy (non-hydrogen) atoms. The first-order valence-electron chi connectivity index (χ1n) is 6.38. The van der Waals surface area contributed by atoms with E-state index in [9.17, 15) is 4.79 Å². The Morgan fingerprint density at radius 3 is 2.56 bits per heavy atom. The molecule has 0 heterocycles. The molecule has 0 aliphatic heterocycles. The predicted molar refractivity (Wildman–Crippen MR) is 78.2 cm³/mol. The van der Waals surface area contributed by atoms with Crippen LogP contribution in [0.25, 0.3) is 0 Å². The molecule has 0 radical (unpaired) electrons. The molecular formula is C14H21BrN2O. The van der Waals surface area contributed by atoms with E-state index in [0.717, 1.165) is 29.3 Å². The molecule has 4 heteroatoms. The van der Waals surface area contributed by atoms with Crippen molar-refractivity contribution in [2.24, 2.45) is 5.73 Å². The first-order chi connectivity index (χ1) is 8.63. The van der Waals surface area contributed by atoms with E-state index >= 15 is 0 Å². The highest BCUT2D eigenvalue weighted by molar-refractivity contribution is 9.10. The van der Waals surface area contributed by atoms with Gasteiger partial charge in [-0.3, -0.25) is 4.79 Å². The molecule has 1 aromatic carbocycles. The second-order valence-electron chi connectivity index (χ2n) is 4.44. The van der Waals surface area contributed by atoms with Crippen molar-refractivity contribution in [3.63, 3.8) is 0 Å². The summed E-state index contributed by atoms with van der Waals surface area (Å²) in [7, 11) is 0. The number of unbranched alkanes of at least 4 members (excludes halogenated alkanes) is 2. The van der Waals surface area contributed by atoms with Gasteiger partial charge in [-0.25, -0.2) is 0 Å². The zero-order chi connectivity index (χ0) is 13.4. The maximum atomic E-state index is 11.7. The zero-order valence-electron chi connectivity index (χ0n) is 10.8. The fourth-order valence-electron chi connectivity index (χ4n) is 1.76. The van der Waals surface area contributed by atoms with Crippen molar-refractivity contribution < 1.29 is 4.79 Å². The van der Waals surface area contributed by atoms with Crippen LogP contribution in [0.15, 0.2) is 28.7 Å². The van der Waals surface area contributed by atoms with E-state index in [1.165, 1.54) is 0 Å². The number of carbonyl (C=O) groups excluding carboxylic acids is 1. The quantitative estimate of drug-likeness (QED) is 0.760. The number of hydrogen-bond donors (Lipinski definition) is 2. The van der Waals surface area contributed by atoms with Gasteiger partial charge in [0.25, 0.3) is 0 Å². The Morgan fingerprint density at radius 1 is 1.28 bits per heavy atom. The molecule has 0 fully saturated rings. The van der Waals surface area contributed by atoms with Gasteiger partial charge in [0.05, 0.1) is 6.04 Å². The minimum Gasteiger partial charge on any atom is -0.350 e. The van der Waals surface area contributed by atoms with Gasteiger partial charge in [0, 0.05) is 10.9 Å². The Bertz CT molecular complexity index is 365.